The number of thiophene rings is 1. The van der Waals surface area contributed by atoms with E-state index in [2.05, 4.69) is 5.32 Å². The summed E-state index contributed by atoms with van der Waals surface area (Å²) in [5.74, 6) is -1.66. The molecular formula is C21H14ClF2N3O3S. The predicted octanol–water partition coefficient (Wildman–Crippen LogP) is 4.09. The molecule has 2 heterocycles. The molecule has 0 saturated carbocycles. The highest BCUT2D eigenvalue weighted by atomic mass is 35.5. The highest BCUT2D eigenvalue weighted by molar-refractivity contribution is 7.17. The summed E-state index contributed by atoms with van der Waals surface area (Å²) < 4.78 is 29.3. The van der Waals surface area contributed by atoms with Crippen LogP contribution in [-0.4, -0.2) is 15.0 Å². The maximum absolute atomic E-state index is 13.7. The average Bonchev–Trinajstić information content (AvgIpc) is 3.21. The van der Waals surface area contributed by atoms with E-state index in [1.165, 1.54) is 37.3 Å². The van der Waals surface area contributed by atoms with E-state index in [9.17, 15) is 23.2 Å². The normalized spacial score (nSPS) is 11.1. The van der Waals surface area contributed by atoms with Crippen molar-refractivity contribution in [2.24, 2.45) is 0 Å². The summed E-state index contributed by atoms with van der Waals surface area (Å²) in [6.07, 6.45) is 0. The lowest BCUT2D eigenvalue weighted by molar-refractivity contribution is -0.116. The lowest BCUT2D eigenvalue weighted by Crippen LogP contribution is -2.40. The van der Waals surface area contributed by atoms with Gasteiger partial charge in [0.05, 0.1) is 16.2 Å². The Balaban J connectivity index is 1.78. The van der Waals surface area contributed by atoms with Gasteiger partial charge in [0.2, 0.25) is 5.91 Å². The van der Waals surface area contributed by atoms with E-state index < -0.39 is 35.3 Å². The molecule has 2 aromatic carbocycles. The van der Waals surface area contributed by atoms with E-state index in [1.807, 2.05) is 0 Å². The second-order valence-corrected chi connectivity index (χ2v) is 8.08. The van der Waals surface area contributed by atoms with Gasteiger partial charge < -0.3 is 5.32 Å². The number of nitrogens with zero attached hydrogens (tertiary/aromatic N) is 2. The number of benzene rings is 2. The number of hydrogen-bond acceptors (Lipinski definition) is 4. The zero-order chi connectivity index (χ0) is 22.3. The number of aromatic nitrogens is 2. The van der Waals surface area contributed by atoms with Gasteiger partial charge in [0.15, 0.2) is 0 Å². The van der Waals surface area contributed by atoms with Gasteiger partial charge in [-0.05, 0) is 60.3 Å². The molecule has 4 rings (SSSR count). The van der Waals surface area contributed by atoms with Crippen LogP contribution < -0.4 is 16.6 Å². The van der Waals surface area contributed by atoms with Gasteiger partial charge >= 0.3 is 5.69 Å². The zero-order valence-electron chi connectivity index (χ0n) is 16.0. The molecule has 0 unspecified atom stereocenters. The molecule has 2 aromatic heterocycles. The van der Waals surface area contributed by atoms with Crippen LogP contribution in [0.5, 0.6) is 0 Å². The number of amides is 1. The Morgan fingerprint density at radius 3 is 2.55 bits per heavy atom. The van der Waals surface area contributed by atoms with E-state index >= 15 is 0 Å². The molecule has 0 fully saturated rings. The Hall–Kier alpha value is -3.30. The third-order valence-corrected chi connectivity index (χ3v) is 5.84. The number of rotatable bonds is 4. The van der Waals surface area contributed by atoms with Gasteiger partial charge in [-0.1, -0.05) is 11.6 Å². The van der Waals surface area contributed by atoms with Gasteiger partial charge in [-0.3, -0.25) is 14.2 Å². The molecule has 0 atom stereocenters. The molecule has 0 spiro atoms. The maximum atomic E-state index is 13.7. The number of anilines is 1. The number of carbonyl (C=O) groups is 1. The number of aryl methyl sites for hydroxylation is 1. The lowest BCUT2D eigenvalue weighted by Gasteiger charge is -2.13. The van der Waals surface area contributed by atoms with Crippen molar-refractivity contribution in [2.45, 2.75) is 13.5 Å². The van der Waals surface area contributed by atoms with Crippen molar-refractivity contribution < 1.29 is 13.6 Å². The molecule has 1 amide bonds. The van der Waals surface area contributed by atoms with Crippen molar-refractivity contribution in [3.8, 4) is 5.69 Å². The molecular weight excluding hydrogens is 448 g/mol. The highest BCUT2D eigenvalue weighted by Crippen LogP contribution is 2.20. The van der Waals surface area contributed by atoms with Gasteiger partial charge in [0.25, 0.3) is 5.56 Å². The van der Waals surface area contributed by atoms with Gasteiger partial charge in [-0.25, -0.2) is 18.1 Å². The first kappa shape index (κ1) is 21.0. The quantitative estimate of drug-likeness (QED) is 0.497. The standard InChI is InChI=1S/C21H14ClF2N3O3S/c1-11-8-13(3-5-15(11)23)27-20(29)19-17(6-7-31-19)26(21(27)30)10-18(28)25-12-2-4-16(24)14(22)9-12/h2-9H,10H2,1H3,(H,25,28). The predicted molar refractivity (Wildman–Crippen MR) is 116 cm³/mol. The first-order valence-corrected chi connectivity index (χ1v) is 10.3. The van der Waals surface area contributed by atoms with Gasteiger partial charge in [0, 0.05) is 5.69 Å². The minimum Gasteiger partial charge on any atom is -0.324 e. The Labute approximate surface area is 182 Å². The largest absolute Gasteiger partial charge is 0.336 e. The maximum Gasteiger partial charge on any atom is 0.336 e. The third-order valence-electron chi connectivity index (χ3n) is 4.66. The van der Waals surface area contributed by atoms with Gasteiger partial charge in [-0.15, -0.1) is 11.3 Å². The molecule has 0 bridgehead atoms. The SMILES string of the molecule is Cc1cc(-n2c(=O)c3sccc3n(CC(=O)Nc3ccc(F)c(Cl)c3)c2=O)ccc1F. The van der Waals surface area contributed by atoms with Crippen LogP contribution in [-0.2, 0) is 11.3 Å². The minimum atomic E-state index is -0.741. The van der Waals surface area contributed by atoms with Crippen molar-refractivity contribution in [3.05, 3.63) is 90.9 Å². The van der Waals surface area contributed by atoms with Gasteiger partial charge in [-0.2, -0.15) is 0 Å². The van der Waals surface area contributed by atoms with Crippen molar-refractivity contribution in [2.75, 3.05) is 5.32 Å². The molecule has 0 aliphatic heterocycles. The lowest BCUT2D eigenvalue weighted by atomic mass is 10.2. The summed E-state index contributed by atoms with van der Waals surface area (Å²) in [6, 6.07) is 9.16. The highest BCUT2D eigenvalue weighted by Gasteiger charge is 2.18. The van der Waals surface area contributed by atoms with Crippen LogP contribution in [0.4, 0.5) is 14.5 Å². The zero-order valence-corrected chi connectivity index (χ0v) is 17.6. The van der Waals surface area contributed by atoms with Crippen molar-refractivity contribution in [1.29, 1.82) is 0 Å². The summed E-state index contributed by atoms with van der Waals surface area (Å²) in [4.78, 5) is 38.7. The number of halogens is 3. The van der Waals surface area contributed by atoms with Crippen molar-refractivity contribution in [3.63, 3.8) is 0 Å². The molecule has 1 N–H and O–H groups in total. The van der Waals surface area contributed by atoms with Crippen LogP contribution in [0.3, 0.4) is 0 Å². The molecule has 0 radical (unpaired) electrons. The summed E-state index contributed by atoms with van der Waals surface area (Å²) in [5, 5.41) is 4.03. The van der Waals surface area contributed by atoms with Crippen molar-refractivity contribution in [1.82, 2.24) is 9.13 Å². The second kappa shape index (κ2) is 8.09. The molecule has 0 aliphatic rings. The van der Waals surface area contributed by atoms with E-state index in [0.717, 1.165) is 26.5 Å². The third kappa shape index (κ3) is 3.89. The molecule has 4 aromatic rings. The molecule has 0 saturated heterocycles. The fourth-order valence-electron chi connectivity index (χ4n) is 3.15. The Morgan fingerprint density at radius 2 is 1.84 bits per heavy atom. The second-order valence-electron chi connectivity index (χ2n) is 6.75. The number of carbonyl (C=O) groups excluding carboxylic acids is 1. The Kier molecular flexibility index (Phi) is 5.47. The van der Waals surface area contributed by atoms with Crippen LogP contribution in [0.2, 0.25) is 5.02 Å². The smallest absolute Gasteiger partial charge is 0.324 e. The molecule has 0 aliphatic carbocycles. The van der Waals surface area contributed by atoms with E-state index in [4.69, 9.17) is 11.6 Å². The molecule has 158 valence electrons. The minimum absolute atomic E-state index is 0.157. The topological polar surface area (TPSA) is 73.1 Å². The number of hydrogen-bond donors (Lipinski definition) is 1. The first-order chi connectivity index (χ1) is 14.8. The summed E-state index contributed by atoms with van der Waals surface area (Å²) in [6.45, 7) is 1.12. The summed E-state index contributed by atoms with van der Waals surface area (Å²) in [7, 11) is 0. The number of fused-ring (bicyclic) bond motifs is 1. The van der Waals surface area contributed by atoms with Crippen molar-refractivity contribution >= 4 is 44.7 Å². The fourth-order valence-corrected chi connectivity index (χ4v) is 4.16. The fraction of sp³-hybridized carbons (Fsp3) is 0.0952. The molecule has 6 nitrogen and oxygen atoms in total. The Bertz CT molecular complexity index is 1460. The first-order valence-electron chi connectivity index (χ1n) is 9.01. The van der Waals surface area contributed by atoms with E-state index in [0.29, 0.717) is 5.52 Å². The van der Waals surface area contributed by atoms with Crippen LogP contribution in [0.15, 0.2) is 57.4 Å². The van der Waals surface area contributed by atoms with Gasteiger partial charge in [0.1, 0.15) is 22.9 Å². The molecule has 10 heteroatoms. The van der Waals surface area contributed by atoms with Crippen LogP contribution in [0.25, 0.3) is 15.9 Å². The van der Waals surface area contributed by atoms with Crippen LogP contribution in [0, 0.1) is 18.6 Å². The van der Waals surface area contributed by atoms with E-state index in [1.54, 1.807) is 11.4 Å². The monoisotopic (exact) mass is 461 g/mol. The number of nitrogens with one attached hydrogen (secondary N) is 1. The summed E-state index contributed by atoms with van der Waals surface area (Å²) in [5.41, 5.74) is -0.260. The van der Waals surface area contributed by atoms with E-state index in [-0.39, 0.29) is 26.7 Å². The Morgan fingerprint density at radius 1 is 1.10 bits per heavy atom. The van der Waals surface area contributed by atoms with Crippen LogP contribution >= 0.6 is 22.9 Å². The van der Waals surface area contributed by atoms with Crippen LogP contribution in [0.1, 0.15) is 5.56 Å². The molecule has 31 heavy (non-hydrogen) atoms. The summed E-state index contributed by atoms with van der Waals surface area (Å²) >= 11 is 6.86. The average molecular weight is 462 g/mol.